The van der Waals surface area contributed by atoms with E-state index in [4.69, 9.17) is 0 Å². The molecule has 3 rings (SSSR count). The van der Waals surface area contributed by atoms with Crippen molar-refractivity contribution in [1.29, 1.82) is 0 Å². The van der Waals surface area contributed by atoms with Crippen molar-refractivity contribution >= 4 is 28.0 Å². The normalized spacial score (nSPS) is 14.8. The molecule has 1 heterocycles. The molecule has 2 aromatic rings. The van der Waals surface area contributed by atoms with Gasteiger partial charge in [0.2, 0.25) is 6.41 Å². The average Bonchev–Trinajstić information content (AvgIpc) is 2.68. The lowest BCUT2D eigenvalue weighted by molar-refractivity contribution is -0.119. The highest BCUT2D eigenvalue weighted by molar-refractivity contribution is 7.92. The van der Waals surface area contributed by atoms with E-state index in [1.807, 2.05) is 0 Å². The lowest BCUT2D eigenvalue weighted by atomic mass is 10.2. The van der Waals surface area contributed by atoms with Crippen LogP contribution in [0.5, 0.6) is 0 Å². The maximum Gasteiger partial charge on any atom is 0.261 e. The predicted molar refractivity (Wildman–Crippen MR) is 97.2 cm³/mol. The number of hydrogen-bond donors (Lipinski definition) is 1. The summed E-state index contributed by atoms with van der Waals surface area (Å²) in [5.74, 6) is -0.243. The number of nitrogens with zero attached hydrogens (tertiary/aromatic N) is 2. The quantitative estimate of drug-likeness (QED) is 0.803. The van der Waals surface area contributed by atoms with Crippen LogP contribution in [0.3, 0.4) is 0 Å². The topological polar surface area (TPSA) is 86.8 Å². The molecule has 0 aromatic heterocycles. The Bertz CT molecular complexity index is 892. The highest BCUT2D eigenvalue weighted by atomic mass is 32.2. The molecule has 0 aliphatic carbocycles. The molecule has 136 valence electrons. The van der Waals surface area contributed by atoms with Gasteiger partial charge in [-0.2, -0.15) is 0 Å². The summed E-state index contributed by atoms with van der Waals surface area (Å²) in [6.45, 7) is 1.80. The maximum atomic E-state index is 12.6. The third-order valence-electron chi connectivity index (χ3n) is 4.17. The summed E-state index contributed by atoms with van der Waals surface area (Å²) in [6, 6.07) is 14.5. The molecule has 0 saturated carbocycles. The van der Waals surface area contributed by atoms with Gasteiger partial charge < -0.3 is 9.80 Å². The van der Waals surface area contributed by atoms with Gasteiger partial charge in [0.15, 0.2) is 0 Å². The van der Waals surface area contributed by atoms with Crippen molar-refractivity contribution in [2.45, 2.75) is 4.90 Å². The first kappa shape index (κ1) is 17.9. The zero-order chi connectivity index (χ0) is 18.6. The van der Waals surface area contributed by atoms with Crippen LogP contribution >= 0.6 is 0 Å². The third-order valence-corrected chi connectivity index (χ3v) is 5.55. The second-order valence-electron chi connectivity index (χ2n) is 5.93. The third kappa shape index (κ3) is 4.02. The molecule has 0 atom stereocenters. The number of piperazine rings is 1. The van der Waals surface area contributed by atoms with Crippen LogP contribution in [0.4, 0.5) is 5.69 Å². The lowest BCUT2D eigenvalue weighted by Gasteiger charge is -2.32. The summed E-state index contributed by atoms with van der Waals surface area (Å²) in [6.07, 6.45) is 0.768. The average molecular weight is 373 g/mol. The van der Waals surface area contributed by atoms with Crippen molar-refractivity contribution in [3.05, 3.63) is 60.2 Å². The molecule has 0 radical (unpaired) electrons. The van der Waals surface area contributed by atoms with Gasteiger partial charge >= 0.3 is 0 Å². The lowest BCUT2D eigenvalue weighted by Crippen LogP contribution is -2.48. The van der Waals surface area contributed by atoms with Gasteiger partial charge in [-0.1, -0.05) is 24.3 Å². The zero-order valence-electron chi connectivity index (χ0n) is 14.0. The van der Waals surface area contributed by atoms with Crippen LogP contribution in [0.15, 0.2) is 59.5 Å². The minimum atomic E-state index is -3.79. The molecular weight excluding hydrogens is 354 g/mol. The fraction of sp³-hybridized carbons (Fsp3) is 0.222. The molecule has 0 spiro atoms. The number of benzene rings is 2. The van der Waals surface area contributed by atoms with E-state index in [0.717, 1.165) is 6.41 Å². The van der Waals surface area contributed by atoms with Crippen molar-refractivity contribution in [3.8, 4) is 0 Å². The number of carbonyl (C=O) groups excluding carboxylic acids is 2. The number of hydrogen-bond acceptors (Lipinski definition) is 4. The van der Waals surface area contributed by atoms with E-state index < -0.39 is 10.0 Å². The zero-order valence-corrected chi connectivity index (χ0v) is 14.9. The minimum absolute atomic E-state index is 0.0266. The molecule has 2 amide bonds. The van der Waals surface area contributed by atoms with Gasteiger partial charge in [-0.05, 0) is 30.3 Å². The summed E-state index contributed by atoms with van der Waals surface area (Å²) in [4.78, 5) is 26.6. The van der Waals surface area contributed by atoms with Gasteiger partial charge in [-0.3, -0.25) is 14.3 Å². The first-order chi connectivity index (χ1) is 12.5. The Morgan fingerprint density at radius 1 is 0.962 bits per heavy atom. The van der Waals surface area contributed by atoms with Crippen molar-refractivity contribution in [2.24, 2.45) is 0 Å². The number of anilines is 1. The van der Waals surface area contributed by atoms with Crippen LogP contribution in [0.25, 0.3) is 0 Å². The second kappa shape index (κ2) is 7.57. The monoisotopic (exact) mass is 373 g/mol. The Morgan fingerprint density at radius 2 is 1.65 bits per heavy atom. The SMILES string of the molecule is O=CN1CCN(C(=O)c2cccc(S(=O)(=O)Nc3ccccc3)c2)CC1. The number of sulfonamides is 1. The Balaban J connectivity index is 1.77. The van der Waals surface area contributed by atoms with E-state index in [1.165, 1.54) is 12.1 Å². The fourth-order valence-electron chi connectivity index (χ4n) is 2.73. The molecule has 0 bridgehead atoms. The predicted octanol–water partition coefficient (Wildman–Crippen LogP) is 1.40. The summed E-state index contributed by atoms with van der Waals surface area (Å²) in [7, 11) is -3.79. The van der Waals surface area contributed by atoms with Crippen molar-refractivity contribution in [2.75, 3.05) is 30.9 Å². The molecule has 0 unspecified atom stereocenters. The number of para-hydroxylation sites is 1. The molecule has 1 N–H and O–H groups in total. The number of carbonyl (C=O) groups is 2. The van der Waals surface area contributed by atoms with Crippen LogP contribution in [0, 0.1) is 0 Å². The molecule has 1 aliphatic rings. The van der Waals surface area contributed by atoms with E-state index in [9.17, 15) is 18.0 Å². The second-order valence-corrected chi connectivity index (χ2v) is 7.62. The van der Waals surface area contributed by atoms with Crippen LogP contribution < -0.4 is 4.72 Å². The molecule has 26 heavy (non-hydrogen) atoms. The van der Waals surface area contributed by atoms with Crippen LogP contribution in [-0.2, 0) is 14.8 Å². The van der Waals surface area contributed by atoms with Crippen LogP contribution in [0.2, 0.25) is 0 Å². The van der Waals surface area contributed by atoms with Crippen LogP contribution in [0.1, 0.15) is 10.4 Å². The minimum Gasteiger partial charge on any atom is -0.342 e. The largest absolute Gasteiger partial charge is 0.342 e. The van der Waals surface area contributed by atoms with Crippen molar-refractivity contribution in [3.63, 3.8) is 0 Å². The van der Waals surface area contributed by atoms with Gasteiger partial charge in [-0.15, -0.1) is 0 Å². The Kier molecular flexibility index (Phi) is 5.22. The summed E-state index contributed by atoms with van der Waals surface area (Å²) in [5.41, 5.74) is 0.759. The summed E-state index contributed by atoms with van der Waals surface area (Å²) in [5, 5.41) is 0. The van der Waals surface area contributed by atoms with E-state index >= 15 is 0 Å². The molecule has 1 fully saturated rings. The highest BCUT2D eigenvalue weighted by Gasteiger charge is 2.23. The maximum absolute atomic E-state index is 12.6. The molecule has 1 aliphatic heterocycles. The first-order valence-corrected chi connectivity index (χ1v) is 9.64. The van der Waals surface area contributed by atoms with E-state index in [-0.39, 0.29) is 10.8 Å². The fourth-order valence-corrected chi connectivity index (χ4v) is 3.83. The Hall–Kier alpha value is -2.87. The number of nitrogens with one attached hydrogen (secondary N) is 1. The molecule has 8 heteroatoms. The van der Waals surface area contributed by atoms with Gasteiger partial charge in [0.25, 0.3) is 15.9 Å². The van der Waals surface area contributed by atoms with Crippen molar-refractivity contribution < 1.29 is 18.0 Å². The first-order valence-electron chi connectivity index (χ1n) is 8.16. The van der Waals surface area contributed by atoms with Gasteiger partial charge in [0.05, 0.1) is 4.90 Å². The van der Waals surface area contributed by atoms with Gasteiger partial charge in [-0.25, -0.2) is 8.42 Å². The Labute approximate surface area is 152 Å². The van der Waals surface area contributed by atoms with E-state index in [0.29, 0.717) is 37.4 Å². The molecule has 7 nitrogen and oxygen atoms in total. The molecular formula is C18H19N3O4S. The molecule has 1 saturated heterocycles. The van der Waals surface area contributed by atoms with E-state index in [1.54, 1.807) is 52.3 Å². The van der Waals surface area contributed by atoms with Gasteiger partial charge in [0, 0.05) is 37.4 Å². The molecule has 2 aromatic carbocycles. The van der Waals surface area contributed by atoms with Crippen LogP contribution in [-0.4, -0.2) is 56.7 Å². The smallest absolute Gasteiger partial charge is 0.261 e. The summed E-state index contributed by atoms with van der Waals surface area (Å²) >= 11 is 0. The number of rotatable bonds is 5. The van der Waals surface area contributed by atoms with Crippen molar-refractivity contribution in [1.82, 2.24) is 9.80 Å². The number of amides is 2. The van der Waals surface area contributed by atoms with Gasteiger partial charge in [0.1, 0.15) is 0 Å². The highest BCUT2D eigenvalue weighted by Crippen LogP contribution is 2.18. The standard InChI is InChI=1S/C18H19N3O4S/c22-14-20-9-11-21(12-10-20)18(23)15-5-4-8-17(13-15)26(24,25)19-16-6-2-1-3-7-16/h1-8,13-14,19H,9-12H2. The van der Waals surface area contributed by atoms with E-state index in [2.05, 4.69) is 4.72 Å². The Morgan fingerprint density at radius 3 is 2.31 bits per heavy atom. The summed E-state index contributed by atoms with van der Waals surface area (Å²) < 4.78 is 27.6.